The number of rotatable bonds is 5. The smallest absolute Gasteiger partial charge is 0.249 e. The van der Waals surface area contributed by atoms with Crippen molar-refractivity contribution < 1.29 is 15.0 Å². The van der Waals surface area contributed by atoms with Gasteiger partial charge in [-0.05, 0) is 18.2 Å². The van der Waals surface area contributed by atoms with Crippen LogP contribution in [0.2, 0.25) is 0 Å². The number of hydrogen-bond acceptors (Lipinski definition) is 4. The van der Waals surface area contributed by atoms with Crippen LogP contribution in [0, 0.1) is 0 Å². The standard InChI is InChI=1S/C11H16N2O3/c1-13-6-7-2-4-8(5-3-7)9(14)10(15)11(12)16/h2-5,9-10,13-15H,6H2,1H3,(H2,12,16). The lowest BCUT2D eigenvalue weighted by Gasteiger charge is -2.15. The molecule has 0 aromatic heterocycles. The van der Waals surface area contributed by atoms with Crippen molar-refractivity contribution in [2.75, 3.05) is 7.05 Å². The quantitative estimate of drug-likeness (QED) is 0.531. The van der Waals surface area contributed by atoms with E-state index in [9.17, 15) is 15.0 Å². The SMILES string of the molecule is CNCc1ccc(C(O)C(O)C(N)=O)cc1. The van der Waals surface area contributed by atoms with Gasteiger partial charge >= 0.3 is 0 Å². The van der Waals surface area contributed by atoms with Crippen LogP contribution in [0.1, 0.15) is 17.2 Å². The van der Waals surface area contributed by atoms with Crippen molar-refractivity contribution in [1.29, 1.82) is 0 Å². The summed E-state index contributed by atoms with van der Waals surface area (Å²) >= 11 is 0. The Morgan fingerprint density at radius 1 is 1.38 bits per heavy atom. The average molecular weight is 224 g/mol. The molecule has 0 saturated carbocycles. The van der Waals surface area contributed by atoms with Crippen LogP contribution >= 0.6 is 0 Å². The van der Waals surface area contributed by atoms with E-state index >= 15 is 0 Å². The summed E-state index contributed by atoms with van der Waals surface area (Å²) in [4.78, 5) is 10.7. The molecule has 2 unspecified atom stereocenters. The molecule has 0 fully saturated rings. The van der Waals surface area contributed by atoms with Crippen LogP contribution in [0.15, 0.2) is 24.3 Å². The van der Waals surface area contributed by atoms with Crippen molar-refractivity contribution in [3.05, 3.63) is 35.4 Å². The number of benzene rings is 1. The predicted molar refractivity (Wildman–Crippen MR) is 59.4 cm³/mol. The van der Waals surface area contributed by atoms with Crippen molar-refractivity contribution in [1.82, 2.24) is 5.32 Å². The van der Waals surface area contributed by atoms with Crippen molar-refractivity contribution >= 4 is 5.91 Å². The van der Waals surface area contributed by atoms with Gasteiger partial charge in [-0.3, -0.25) is 4.79 Å². The summed E-state index contributed by atoms with van der Waals surface area (Å²) < 4.78 is 0. The Bertz CT molecular complexity index is 351. The lowest BCUT2D eigenvalue weighted by atomic mass is 10.0. The molecule has 0 radical (unpaired) electrons. The van der Waals surface area contributed by atoms with Crippen molar-refractivity contribution in [2.24, 2.45) is 5.73 Å². The molecular formula is C11H16N2O3. The molecule has 16 heavy (non-hydrogen) atoms. The molecule has 0 bridgehead atoms. The molecule has 1 amide bonds. The lowest BCUT2D eigenvalue weighted by molar-refractivity contribution is -0.131. The monoisotopic (exact) mass is 224 g/mol. The molecule has 1 aromatic carbocycles. The molecule has 0 aliphatic rings. The topological polar surface area (TPSA) is 95.6 Å². The highest BCUT2D eigenvalue weighted by atomic mass is 16.3. The van der Waals surface area contributed by atoms with Crippen LogP contribution in [0.25, 0.3) is 0 Å². The number of nitrogens with two attached hydrogens (primary N) is 1. The van der Waals surface area contributed by atoms with E-state index in [2.05, 4.69) is 5.32 Å². The van der Waals surface area contributed by atoms with Gasteiger partial charge in [-0.15, -0.1) is 0 Å². The molecule has 0 aliphatic carbocycles. The Morgan fingerprint density at radius 2 is 1.94 bits per heavy atom. The van der Waals surface area contributed by atoms with Crippen LogP contribution in [0.5, 0.6) is 0 Å². The molecule has 5 heteroatoms. The number of nitrogens with one attached hydrogen (secondary N) is 1. The number of hydrogen-bond donors (Lipinski definition) is 4. The highest BCUT2D eigenvalue weighted by molar-refractivity contribution is 5.79. The van der Waals surface area contributed by atoms with Crippen molar-refractivity contribution in [2.45, 2.75) is 18.8 Å². The van der Waals surface area contributed by atoms with E-state index in [-0.39, 0.29) is 0 Å². The molecule has 0 heterocycles. The molecule has 1 aromatic rings. The van der Waals surface area contributed by atoms with Crippen LogP contribution in [0.4, 0.5) is 0 Å². The molecule has 0 spiro atoms. The fourth-order valence-electron chi connectivity index (χ4n) is 1.37. The maximum Gasteiger partial charge on any atom is 0.249 e. The largest absolute Gasteiger partial charge is 0.385 e. The molecule has 5 N–H and O–H groups in total. The lowest BCUT2D eigenvalue weighted by Crippen LogP contribution is -2.33. The van der Waals surface area contributed by atoms with Gasteiger partial charge in [-0.1, -0.05) is 24.3 Å². The Morgan fingerprint density at radius 3 is 2.38 bits per heavy atom. The van der Waals surface area contributed by atoms with Gasteiger partial charge in [0.2, 0.25) is 5.91 Å². The zero-order chi connectivity index (χ0) is 12.1. The normalized spacial score (nSPS) is 14.4. The molecule has 88 valence electrons. The maximum atomic E-state index is 10.7. The number of carbonyl (C=O) groups excluding carboxylic acids is 1. The third kappa shape index (κ3) is 3.03. The predicted octanol–water partition coefficient (Wildman–Crippen LogP) is -0.714. The van der Waals surface area contributed by atoms with Crippen molar-refractivity contribution in [3.8, 4) is 0 Å². The first kappa shape index (κ1) is 12.6. The van der Waals surface area contributed by atoms with Crippen LogP contribution in [-0.4, -0.2) is 29.3 Å². The average Bonchev–Trinajstić information content (AvgIpc) is 2.28. The second kappa shape index (κ2) is 5.60. The highest BCUT2D eigenvalue weighted by Gasteiger charge is 2.22. The van der Waals surface area contributed by atoms with Crippen LogP contribution < -0.4 is 11.1 Å². The van der Waals surface area contributed by atoms with Gasteiger partial charge < -0.3 is 21.3 Å². The highest BCUT2D eigenvalue weighted by Crippen LogP contribution is 2.17. The Kier molecular flexibility index (Phi) is 4.42. The van der Waals surface area contributed by atoms with E-state index in [1.807, 2.05) is 19.2 Å². The minimum atomic E-state index is -1.57. The molecule has 2 atom stereocenters. The second-order valence-electron chi connectivity index (χ2n) is 3.56. The van der Waals surface area contributed by atoms with Gasteiger partial charge in [0.15, 0.2) is 6.10 Å². The fourth-order valence-corrected chi connectivity index (χ4v) is 1.37. The molecule has 0 saturated heterocycles. The first-order valence-electron chi connectivity index (χ1n) is 4.95. The summed E-state index contributed by atoms with van der Waals surface area (Å²) in [5.74, 6) is -0.938. The third-order valence-corrected chi connectivity index (χ3v) is 2.29. The van der Waals surface area contributed by atoms with E-state index in [4.69, 9.17) is 5.73 Å². The van der Waals surface area contributed by atoms with Crippen molar-refractivity contribution in [3.63, 3.8) is 0 Å². The minimum Gasteiger partial charge on any atom is -0.385 e. The molecule has 0 aliphatic heterocycles. The molecule has 5 nitrogen and oxygen atoms in total. The van der Waals surface area contributed by atoms with E-state index in [0.717, 1.165) is 12.1 Å². The van der Waals surface area contributed by atoms with Gasteiger partial charge in [0, 0.05) is 6.54 Å². The Balaban J connectivity index is 2.77. The van der Waals surface area contributed by atoms with E-state index in [1.54, 1.807) is 12.1 Å². The first-order valence-corrected chi connectivity index (χ1v) is 4.95. The number of aliphatic hydroxyl groups excluding tert-OH is 2. The third-order valence-electron chi connectivity index (χ3n) is 2.29. The number of carbonyl (C=O) groups is 1. The summed E-state index contributed by atoms with van der Waals surface area (Å²) in [5.41, 5.74) is 6.41. The minimum absolute atomic E-state index is 0.464. The van der Waals surface area contributed by atoms with E-state index < -0.39 is 18.1 Å². The summed E-state index contributed by atoms with van der Waals surface area (Å²) in [5, 5.41) is 21.9. The van der Waals surface area contributed by atoms with E-state index in [1.165, 1.54) is 0 Å². The number of primary amides is 1. The van der Waals surface area contributed by atoms with Gasteiger partial charge in [-0.2, -0.15) is 0 Å². The van der Waals surface area contributed by atoms with Gasteiger partial charge in [0.25, 0.3) is 0 Å². The molecule has 1 rings (SSSR count). The van der Waals surface area contributed by atoms with Gasteiger partial charge in [0.05, 0.1) is 0 Å². The van der Waals surface area contributed by atoms with Crippen LogP contribution in [-0.2, 0) is 11.3 Å². The Labute approximate surface area is 93.9 Å². The summed E-state index contributed by atoms with van der Waals surface area (Å²) in [6.45, 7) is 0.717. The Hall–Kier alpha value is -1.43. The fraction of sp³-hybridized carbons (Fsp3) is 0.364. The van der Waals surface area contributed by atoms with Gasteiger partial charge in [-0.25, -0.2) is 0 Å². The van der Waals surface area contributed by atoms with Gasteiger partial charge in [0.1, 0.15) is 6.10 Å². The summed E-state index contributed by atoms with van der Waals surface area (Å²) in [6.07, 6.45) is -2.85. The zero-order valence-electron chi connectivity index (χ0n) is 9.05. The second-order valence-corrected chi connectivity index (χ2v) is 3.56. The summed E-state index contributed by atoms with van der Waals surface area (Å²) in [6, 6.07) is 6.93. The number of aliphatic hydroxyl groups is 2. The maximum absolute atomic E-state index is 10.7. The number of amides is 1. The van der Waals surface area contributed by atoms with E-state index in [0.29, 0.717) is 5.56 Å². The molecular weight excluding hydrogens is 208 g/mol. The van der Waals surface area contributed by atoms with Crippen LogP contribution in [0.3, 0.4) is 0 Å². The summed E-state index contributed by atoms with van der Waals surface area (Å²) in [7, 11) is 1.83. The zero-order valence-corrected chi connectivity index (χ0v) is 9.05. The first-order chi connectivity index (χ1) is 7.56.